The van der Waals surface area contributed by atoms with Gasteiger partial charge in [-0.3, -0.25) is 4.68 Å². The van der Waals surface area contributed by atoms with Crippen molar-refractivity contribution in [2.45, 2.75) is 24.0 Å². The van der Waals surface area contributed by atoms with E-state index in [1.807, 2.05) is 0 Å². The fourth-order valence-corrected chi connectivity index (χ4v) is 2.33. The summed E-state index contributed by atoms with van der Waals surface area (Å²) in [5, 5.41) is 6.22. The van der Waals surface area contributed by atoms with Gasteiger partial charge in [-0.15, -0.1) is 12.4 Å². The van der Waals surface area contributed by atoms with Crippen LogP contribution in [0.2, 0.25) is 0 Å². The average molecular weight is 337 g/mol. The summed E-state index contributed by atoms with van der Waals surface area (Å²) >= 11 is 0. The summed E-state index contributed by atoms with van der Waals surface area (Å²) < 4.78 is 62.5. The Labute approximate surface area is 121 Å². The molecule has 0 saturated carbocycles. The molecule has 0 bridgehead atoms. The van der Waals surface area contributed by atoms with E-state index in [1.54, 1.807) is 7.05 Å². The summed E-state index contributed by atoms with van der Waals surface area (Å²) in [4.78, 5) is -0.277. The van der Waals surface area contributed by atoms with Crippen LogP contribution in [0.1, 0.15) is 6.42 Å². The molecular weight excluding hydrogens is 321 g/mol. The summed E-state index contributed by atoms with van der Waals surface area (Å²) in [6, 6.07) is 0. The third-order valence-corrected chi connectivity index (χ3v) is 3.57. The van der Waals surface area contributed by atoms with E-state index < -0.39 is 22.7 Å². The number of hydrogen-bond acceptors (Lipinski definition) is 4. The maximum atomic E-state index is 12.1. The van der Waals surface area contributed by atoms with Gasteiger partial charge in [-0.2, -0.15) is 18.3 Å². The molecular formula is C9H16ClF3N4O2S. The number of hydrogen-bond donors (Lipinski definition) is 2. The topological polar surface area (TPSA) is 76.0 Å². The molecule has 1 aromatic heterocycles. The van der Waals surface area contributed by atoms with Crippen LogP contribution in [-0.2, 0) is 16.6 Å². The molecule has 1 aromatic rings. The van der Waals surface area contributed by atoms with Crippen LogP contribution in [0, 0.1) is 0 Å². The number of rotatable bonds is 7. The fraction of sp³-hybridized carbons (Fsp3) is 0.667. The molecule has 0 spiro atoms. The normalized spacial score (nSPS) is 12.2. The van der Waals surface area contributed by atoms with Crippen molar-refractivity contribution in [3.05, 3.63) is 12.4 Å². The molecule has 1 rings (SSSR count). The second kappa shape index (κ2) is 7.81. The van der Waals surface area contributed by atoms with Crippen molar-refractivity contribution in [3.63, 3.8) is 0 Å². The van der Waals surface area contributed by atoms with Gasteiger partial charge < -0.3 is 5.32 Å². The molecule has 0 aliphatic carbocycles. The highest BCUT2D eigenvalue weighted by Crippen LogP contribution is 2.18. The molecule has 0 unspecified atom stereocenters. The molecule has 0 aromatic carbocycles. The molecule has 0 fully saturated rings. The van der Waals surface area contributed by atoms with Crippen molar-refractivity contribution in [2.75, 3.05) is 20.1 Å². The SMILES string of the molecule is CNCCCNS(=O)(=O)c1cnn(CC(F)(F)F)c1.Cl. The van der Waals surface area contributed by atoms with E-state index in [0.717, 1.165) is 12.4 Å². The van der Waals surface area contributed by atoms with Crippen LogP contribution in [0.15, 0.2) is 17.3 Å². The number of sulfonamides is 1. The van der Waals surface area contributed by atoms with Crippen molar-refractivity contribution in [1.82, 2.24) is 19.8 Å². The Morgan fingerprint density at radius 1 is 1.35 bits per heavy atom. The van der Waals surface area contributed by atoms with Crippen LogP contribution in [0.3, 0.4) is 0 Å². The first-order valence-electron chi connectivity index (χ1n) is 5.48. The molecule has 0 saturated heterocycles. The lowest BCUT2D eigenvalue weighted by atomic mass is 10.4. The number of nitrogens with zero attached hydrogens (tertiary/aromatic N) is 2. The van der Waals surface area contributed by atoms with Crippen molar-refractivity contribution in [3.8, 4) is 0 Å². The van der Waals surface area contributed by atoms with E-state index in [9.17, 15) is 21.6 Å². The lowest BCUT2D eigenvalue weighted by Gasteiger charge is -2.06. The molecule has 6 nitrogen and oxygen atoms in total. The number of aromatic nitrogens is 2. The van der Waals surface area contributed by atoms with Gasteiger partial charge in [0.05, 0.1) is 6.20 Å². The second-order valence-corrected chi connectivity index (χ2v) is 5.61. The summed E-state index contributed by atoms with van der Waals surface area (Å²) in [6.45, 7) is -0.480. The monoisotopic (exact) mass is 336 g/mol. The largest absolute Gasteiger partial charge is 0.408 e. The van der Waals surface area contributed by atoms with Gasteiger partial charge in [0.1, 0.15) is 11.4 Å². The third kappa shape index (κ3) is 6.55. The van der Waals surface area contributed by atoms with Crippen molar-refractivity contribution < 1.29 is 21.6 Å². The quantitative estimate of drug-likeness (QED) is 0.721. The smallest absolute Gasteiger partial charge is 0.320 e. The molecule has 0 radical (unpaired) electrons. The van der Waals surface area contributed by atoms with Crippen LogP contribution in [-0.4, -0.2) is 44.5 Å². The van der Waals surface area contributed by atoms with Crippen LogP contribution in [0.25, 0.3) is 0 Å². The fourth-order valence-electron chi connectivity index (χ4n) is 1.31. The Morgan fingerprint density at radius 2 is 2.00 bits per heavy atom. The van der Waals surface area contributed by atoms with E-state index in [0.29, 0.717) is 17.6 Å². The molecule has 0 amide bonds. The van der Waals surface area contributed by atoms with E-state index >= 15 is 0 Å². The van der Waals surface area contributed by atoms with E-state index in [2.05, 4.69) is 15.1 Å². The van der Waals surface area contributed by atoms with Crippen LogP contribution < -0.4 is 10.0 Å². The predicted molar refractivity (Wildman–Crippen MR) is 69.3 cm³/mol. The van der Waals surface area contributed by atoms with Gasteiger partial charge in [0.15, 0.2) is 0 Å². The standard InChI is InChI=1S/C9H15F3N4O2S.ClH/c1-13-3-2-4-15-19(17,18)8-5-14-16(6-8)7-9(10,11)12;/h5-6,13,15H,2-4,7H2,1H3;1H. The molecule has 11 heteroatoms. The Bertz CT molecular complexity index is 504. The van der Waals surface area contributed by atoms with Crippen LogP contribution in [0.4, 0.5) is 13.2 Å². The predicted octanol–water partition coefficient (Wildman–Crippen LogP) is 0.755. The van der Waals surface area contributed by atoms with Crippen molar-refractivity contribution >= 4 is 22.4 Å². The van der Waals surface area contributed by atoms with E-state index in [1.165, 1.54) is 0 Å². The van der Waals surface area contributed by atoms with Gasteiger partial charge in [-0.25, -0.2) is 13.1 Å². The molecule has 0 atom stereocenters. The zero-order valence-electron chi connectivity index (χ0n) is 10.6. The maximum Gasteiger partial charge on any atom is 0.408 e. The van der Waals surface area contributed by atoms with Gasteiger partial charge in [0.2, 0.25) is 10.0 Å². The highest BCUT2D eigenvalue weighted by Gasteiger charge is 2.29. The van der Waals surface area contributed by atoms with Crippen molar-refractivity contribution in [2.24, 2.45) is 0 Å². The first-order chi connectivity index (χ1) is 8.74. The second-order valence-electron chi connectivity index (χ2n) is 3.84. The van der Waals surface area contributed by atoms with Crippen molar-refractivity contribution in [1.29, 1.82) is 0 Å². The minimum atomic E-state index is -4.44. The molecule has 20 heavy (non-hydrogen) atoms. The lowest BCUT2D eigenvalue weighted by molar-refractivity contribution is -0.142. The molecule has 0 aliphatic rings. The minimum Gasteiger partial charge on any atom is -0.320 e. The number of nitrogens with one attached hydrogen (secondary N) is 2. The van der Waals surface area contributed by atoms with Gasteiger partial charge in [0.25, 0.3) is 0 Å². The van der Waals surface area contributed by atoms with E-state index in [-0.39, 0.29) is 23.8 Å². The zero-order chi connectivity index (χ0) is 14.5. The molecule has 0 aliphatic heterocycles. The molecule has 1 heterocycles. The van der Waals surface area contributed by atoms with Gasteiger partial charge in [-0.05, 0) is 20.0 Å². The Balaban J connectivity index is 0.00000361. The lowest BCUT2D eigenvalue weighted by Crippen LogP contribution is -2.26. The van der Waals surface area contributed by atoms with Gasteiger partial charge in [-0.1, -0.05) is 0 Å². The summed E-state index contributed by atoms with van der Waals surface area (Å²) in [6.07, 6.45) is -2.11. The number of halogens is 4. The first-order valence-corrected chi connectivity index (χ1v) is 6.96. The van der Waals surface area contributed by atoms with Crippen LogP contribution >= 0.6 is 12.4 Å². The Kier molecular flexibility index (Phi) is 7.49. The number of alkyl halides is 3. The highest BCUT2D eigenvalue weighted by atomic mass is 35.5. The first kappa shape index (κ1) is 19.2. The van der Waals surface area contributed by atoms with Gasteiger partial charge in [0, 0.05) is 12.7 Å². The average Bonchev–Trinajstić information content (AvgIpc) is 2.71. The molecule has 2 N–H and O–H groups in total. The van der Waals surface area contributed by atoms with Gasteiger partial charge >= 0.3 is 6.18 Å². The Morgan fingerprint density at radius 3 is 2.55 bits per heavy atom. The maximum absolute atomic E-state index is 12.1. The Hall–Kier alpha value is -0.840. The summed E-state index contributed by atoms with van der Waals surface area (Å²) in [7, 11) is -2.07. The van der Waals surface area contributed by atoms with Crippen LogP contribution in [0.5, 0.6) is 0 Å². The summed E-state index contributed by atoms with van der Waals surface area (Å²) in [5.74, 6) is 0. The third-order valence-electron chi connectivity index (χ3n) is 2.16. The zero-order valence-corrected chi connectivity index (χ0v) is 12.3. The minimum absolute atomic E-state index is 0. The molecule has 118 valence electrons. The van der Waals surface area contributed by atoms with E-state index in [4.69, 9.17) is 0 Å². The highest BCUT2D eigenvalue weighted by molar-refractivity contribution is 7.89. The summed E-state index contributed by atoms with van der Waals surface area (Å²) in [5.41, 5.74) is 0.